The summed E-state index contributed by atoms with van der Waals surface area (Å²) in [6.45, 7) is 4.10. The molecule has 1 atom stereocenters. The zero-order valence-corrected chi connectivity index (χ0v) is 15.4. The predicted molar refractivity (Wildman–Crippen MR) is 98.5 cm³/mol. The zero-order chi connectivity index (χ0) is 18.1. The van der Waals surface area contributed by atoms with Gasteiger partial charge >= 0.3 is 5.97 Å². The minimum atomic E-state index is -0.539. The SMILES string of the molecule is Cc1cc(C)cc(OC(=O)[C@H]2CC(=O)N(c3cccc(Cl)c3Cl)C2)c1. The van der Waals surface area contributed by atoms with Crippen LogP contribution in [0.5, 0.6) is 5.75 Å². The van der Waals surface area contributed by atoms with Crippen molar-refractivity contribution in [2.24, 2.45) is 5.92 Å². The molecule has 1 heterocycles. The number of nitrogens with zero attached hydrogens (tertiary/aromatic N) is 1. The molecule has 6 heteroatoms. The number of halogens is 2. The highest BCUT2D eigenvalue weighted by Crippen LogP contribution is 2.36. The normalized spacial score (nSPS) is 17.0. The molecule has 1 fully saturated rings. The van der Waals surface area contributed by atoms with Gasteiger partial charge in [0.2, 0.25) is 5.91 Å². The van der Waals surface area contributed by atoms with Crippen LogP contribution in [0.15, 0.2) is 36.4 Å². The molecule has 2 aromatic rings. The minimum absolute atomic E-state index is 0.0898. The molecule has 0 bridgehead atoms. The third-order valence-corrected chi connectivity index (χ3v) is 4.90. The van der Waals surface area contributed by atoms with Gasteiger partial charge in [-0.3, -0.25) is 9.59 Å². The molecule has 0 aromatic heterocycles. The highest BCUT2D eigenvalue weighted by atomic mass is 35.5. The van der Waals surface area contributed by atoms with Gasteiger partial charge in [-0.05, 0) is 49.2 Å². The Bertz CT molecular complexity index is 830. The van der Waals surface area contributed by atoms with Gasteiger partial charge in [0, 0.05) is 13.0 Å². The van der Waals surface area contributed by atoms with Gasteiger partial charge in [-0.15, -0.1) is 0 Å². The summed E-state index contributed by atoms with van der Waals surface area (Å²) in [5, 5.41) is 0.675. The number of benzene rings is 2. The number of amides is 1. The quantitative estimate of drug-likeness (QED) is 0.581. The summed E-state index contributed by atoms with van der Waals surface area (Å²) in [4.78, 5) is 26.3. The third kappa shape index (κ3) is 3.80. The summed E-state index contributed by atoms with van der Waals surface area (Å²) in [7, 11) is 0. The van der Waals surface area contributed by atoms with Gasteiger partial charge < -0.3 is 9.64 Å². The Kier molecular flexibility index (Phi) is 5.02. The summed E-state index contributed by atoms with van der Waals surface area (Å²) < 4.78 is 5.47. The van der Waals surface area contributed by atoms with Crippen LogP contribution in [0, 0.1) is 19.8 Å². The Morgan fingerprint density at radius 1 is 1.16 bits per heavy atom. The fourth-order valence-corrected chi connectivity index (χ4v) is 3.39. The number of ether oxygens (including phenoxy) is 1. The van der Waals surface area contributed by atoms with Crippen molar-refractivity contribution in [1.29, 1.82) is 0 Å². The number of rotatable bonds is 3. The molecule has 0 N–H and O–H groups in total. The number of hydrogen-bond donors (Lipinski definition) is 0. The Hall–Kier alpha value is -2.04. The molecule has 4 nitrogen and oxygen atoms in total. The third-order valence-electron chi connectivity index (χ3n) is 4.09. The van der Waals surface area contributed by atoms with Crippen LogP contribution in [0.1, 0.15) is 17.5 Å². The van der Waals surface area contributed by atoms with Crippen LogP contribution in [-0.2, 0) is 9.59 Å². The molecular formula is C19H17Cl2NO3. The van der Waals surface area contributed by atoms with Crippen LogP contribution >= 0.6 is 23.2 Å². The summed E-state index contributed by atoms with van der Waals surface area (Å²) in [6.07, 6.45) is 0.0898. The molecule has 2 aromatic carbocycles. The first kappa shape index (κ1) is 17.8. The van der Waals surface area contributed by atoms with Crippen molar-refractivity contribution in [3.63, 3.8) is 0 Å². The maximum Gasteiger partial charge on any atom is 0.316 e. The van der Waals surface area contributed by atoms with Gasteiger partial charge in [0.15, 0.2) is 0 Å². The molecule has 1 amide bonds. The van der Waals surface area contributed by atoms with E-state index in [2.05, 4.69) is 0 Å². The Labute approximate surface area is 156 Å². The standard InChI is InChI=1S/C19H17Cl2NO3/c1-11-6-12(2)8-14(7-11)25-19(24)13-9-17(23)22(10-13)16-5-3-4-15(20)18(16)21/h3-8,13H,9-10H2,1-2H3/t13-/m0/s1. The largest absolute Gasteiger partial charge is 0.426 e. The molecule has 130 valence electrons. The number of anilines is 1. The van der Waals surface area contributed by atoms with E-state index in [-0.39, 0.29) is 18.9 Å². The number of carbonyl (C=O) groups excluding carboxylic acids is 2. The highest BCUT2D eigenvalue weighted by Gasteiger charge is 2.37. The van der Waals surface area contributed by atoms with Crippen molar-refractivity contribution < 1.29 is 14.3 Å². The maximum absolute atomic E-state index is 12.5. The van der Waals surface area contributed by atoms with Crippen molar-refractivity contribution in [3.05, 3.63) is 57.6 Å². The lowest BCUT2D eigenvalue weighted by atomic mass is 10.1. The fraction of sp³-hybridized carbons (Fsp3) is 0.263. The van der Waals surface area contributed by atoms with Crippen molar-refractivity contribution >= 4 is 40.8 Å². The van der Waals surface area contributed by atoms with E-state index in [1.54, 1.807) is 30.3 Å². The van der Waals surface area contributed by atoms with Crippen LogP contribution in [-0.4, -0.2) is 18.4 Å². The molecule has 1 aliphatic rings. The molecule has 0 radical (unpaired) electrons. The molecule has 25 heavy (non-hydrogen) atoms. The Balaban J connectivity index is 1.75. The average molecular weight is 378 g/mol. The molecule has 1 saturated heterocycles. The molecule has 0 spiro atoms. The summed E-state index contributed by atoms with van der Waals surface area (Å²) in [6, 6.07) is 10.7. The van der Waals surface area contributed by atoms with Crippen LogP contribution in [0.2, 0.25) is 10.0 Å². The second kappa shape index (κ2) is 7.06. The minimum Gasteiger partial charge on any atom is -0.426 e. The fourth-order valence-electron chi connectivity index (χ4n) is 2.99. The first-order valence-electron chi connectivity index (χ1n) is 7.89. The summed E-state index contributed by atoms with van der Waals surface area (Å²) in [5.74, 6) is -0.636. The molecule has 1 aliphatic heterocycles. The zero-order valence-electron chi connectivity index (χ0n) is 13.9. The number of hydrogen-bond acceptors (Lipinski definition) is 3. The second-order valence-corrected chi connectivity index (χ2v) is 7.01. The number of esters is 1. The van der Waals surface area contributed by atoms with Gasteiger partial charge in [0.25, 0.3) is 0 Å². The smallest absolute Gasteiger partial charge is 0.316 e. The lowest BCUT2D eigenvalue weighted by molar-refractivity contribution is -0.139. The summed E-state index contributed by atoms with van der Waals surface area (Å²) >= 11 is 12.2. The lowest BCUT2D eigenvalue weighted by Crippen LogP contribution is -2.27. The predicted octanol–water partition coefficient (Wildman–Crippen LogP) is 4.57. The van der Waals surface area contributed by atoms with E-state index in [0.29, 0.717) is 21.5 Å². The van der Waals surface area contributed by atoms with Crippen LogP contribution in [0.25, 0.3) is 0 Å². The number of aryl methyl sites for hydroxylation is 2. The van der Waals surface area contributed by atoms with Gasteiger partial charge in [0.1, 0.15) is 5.75 Å². The highest BCUT2D eigenvalue weighted by molar-refractivity contribution is 6.44. The van der Waals surface area contributed by atoms with Crippen molar-refractivity contribution in [2.45, 2.75) is 20.3 Å². The van der Waals surface area contributed by atoms with E-state index in [1.165, 1.54) is 4.90 Å². The van der Waals surface area contributed by atoms with E-state index in [9.17, 15) is 9.59 Å². The average Bonchev–Trinajstić information content (AvgIpc) is 2.91. The van der Waals surface area contributed by atoms with E-state index in [4.69, 9.17) is 27.9 Å². The van der Waals surface area contributed by atoms with E-state index < -0.39 is 11.9 Å². The molecule has 0 aliphatic carbocycles. The molecular weight excluding hydrogens is 361 g/mol. The monoisotopic (exact) mass is 377 g/mol. The van der Waals surface area contributed by atoms with Gasteiger partial charge in [-0.2, -0.15) is 0 Å². The first-order chi connectivity index (χ1) is 11.8. The molecule has 0 saturated carbocycles. The maximum atomic E-state index is 12.5. The van der Waals surface area contributed by atoms with Crippen LogP contribution < -0.4 is 9.64 Å². The van der Waals surface area contributed by atoms with Gasteiger partial charge in [-0.25, -0.2) is 0 Å². The van der Waals surface area contributed by atoms with Crippen molar-refractivity contribution in [3.8, 4) is 5.75 Å². The van der Waals surface area contributed by atoms with Crippen molar-refractivity contribution in [1.82, 2.24) is 0 Å². The topological polar surface area (TPSA) is 46.6 Å². The van der Waals surface area contributed by atoms with Gasteiger partial charge in [-0.1, -0.05) is 35.3 Å². The van der Waals surface area contributed by atoms with E-state index in [0.717, 1.165) is 11.1 Å². The van der Waals surface area contributed by atoms with Crippen LogP contribution in [0.4, 0.5) is 5.69 Å². The van der Waals surface area contributed by atoms with Gasteiger partial charge in [0.05, 0.1) is 21.7 Å². The van der Waals surface area contributed by atoms with Crippen molar-refractivity contribution in [2.75, 3.05) is 11.4 Å². The molecule has 3 rings (SSSR count). The number of carbonyl (C=O) groups is 2. The Morgan fingerprint density at radius 3 is 2.52 bits per heavy atom. The van der Waals surface area contributed by atoms with E-state index >= 15 is 0 Å². The van der Waals surface area contributed by atoms with E-state index in [1.807, 2.05) is 19.9 Å². The second-order valence-electron chi connectivity index (χ2n) is 6.22. The lowest BCUT2D eigenvalue weighted by Gasteiger charge is -2.18. The first-order valence-corrected chi connectivity index (χ1v) is 8.65. The summed E-state index contributed by atoms with van der Waals surface area (Å²) in [5.41, 5.74) is 2.54. The Morgan fingerprint density at radius 2 is 1.84 bits per heavy atom. The molecule has 0 unspecified atom stereocenters. The van der Waals surface area contributed by atoms with Crippen LogP contribution in [0.3, 0.4) is 0 Å².